The van der Waals surface area contributed by atoms with Gasteiger partial charge < -0.3 is 10.1 Å². The second-order valence-electron chi connectivity index (χ2n) is 6.66. The molecule has 1 aromatic rings. The van der Waals surface area contributed by atoms with E-state index < -0.39 is 10.5 Å². The van der Waals surface area contributed by atoms with Crippen LogP contribution in [0.15, 0.2) is 18.2 Å². The van der Waals surface area contributed by atoms with Crippen LogP contribution >= 0.6 is 0 Å². The predicted octanol–water partition coefficient (Wildman–Crippen LogP) is 2.77. The van der Waals surface area contributed by atoms with Crippen molar-refractivity contribution in [2.45, 2.75) is 45.6 Å². The summed E-state index contributed by atoms with van der Waals surface area (Å²) in [6, 6.07) is 4.73. The number of hydrogen-bond donors (Lipinski definition) is 1. The number of aryl methyl sites for hydroxylation is 1. The van der Waals surface area contributed by atoms with Crippen molar-refractivity contribution < 1.29 is 14.5 Å². The lowest BCUT2D eigenvalue weighted by Crippen LogP contribution is -2.43. The molecule has 1 heterocycles. The van der Waals surface area contributed by atoms with Crippen LogP contribution in [0.25, 0.3) is 0 Å². The minimum atomic E-state index is -0.491. The summed E-state index contributed by atoms with van der Waals surface area (Å²) >= 11 is 0. The number of carbonyl (C=O) groups is 1. The van der Waals surface area contributed by atoms with Crippen LogP contribution in [-0.4, -0.2) is 29.6 Å². The lowest BCUT2D eigenvalue weighted by atomic mass is 9.83. The zero-order valence-electron chi connectivity index (χ0n) is 13.9. The van der Waals surface area contributed by atoms with Gasteiger partial charge in [0, 0.05) is 17.5 Å². The van der Waals surface area contributed by atoms with Crippen molar-refractivity contribution in [3.63, 3.8) is 0 Å². The molecule has 0 bridgehead atoms. The monoisotopic (exact) mass is 320 g/mol. The molecule has 126 valence electrons. The zero-order chi connectivity index (χ0) is 17.0. The Bertz CT molecular complexity index is 592. The molecule has 1 aliphatic rings. The molecule has 23 heavy (non-hydrogen) atoms. The Kier molecular flexibility index (Phi) is 5.36. The Morgan fingerprint density at radius 1 is 1.39 bits per heavy atom. The van der Waals surface area contributed by atoms with Crippen molar-refractivity contribution in [3.8, 4) is 0 Å². The molecular weight excluding hydrogens is 296 g/mol. The van der Waals surface area contributed by atoms with Gasteiger partial charge in [0.05, 0.1) is 11.3 Å². The minimum Gasteiger partial charge on any atom is -0.459 e. The third-order valence-corrected chi connectivity index (χ3v) is 4.51. The highest BCUT2D eigenvalue weighted by atomic mass is 16.6. The molecule has 0 saturated carbocycles. The number of rotatable bonds is 5. The van der Waals surface area contributed by atoms with Crippen LogP contribution in [0.1, 0.15) is 37.8 Å². The number of nitro groups is 1. The van der Waals surface area contributed by atoms with E-state index in [-0.39, 0.29) is 18.1 Å². The van der Waals surface area contributed by atoms with Crippen LogP contribution < -0.4 is 5.32 Å². The molecule has 0 amide bonds. The number of nitrogens with one attached hydrogen (secondary N) is 1. The highest BCUT2D eigenvalue weighted by Crippen LogP contribution is 2.29. The predicted molar refractivity (Wildman–Crippen MR) is 87.3 cm³/mol. The Morgan fingerprint density at radius 3 is 2.61 bits per heavy atom. The Hall–Kier alpha value is -1.95. The van der Waals surface area contributed by atoms with Crippen LogP contribution in [0, 0.1) is 23.0 Å². The first-order chi connectivity index (χ1) is 10.8. The van der Waals surface area contributed by atoms with E-state index in [0.29, 0.717) is 11.5 Å². The Labute approximate surface area is 136 Å². The van der Waals surface area contributed by atoms with Gasteiger partial charge in [-0.2, -0.15) is 0 Å². The summed E-state index contributed by atoms with van der Waals surface area (Å²) in [6.07, 6.45) is 2.13. The number of esters is 1. The number of ether oxygens (including phenoxy) is 1. The second kappa shape index (κ2) is 7.08. The first-order valence-electron chi connectivity index (χ1n) is 7.96. The number of nitro benzene ring substituents is 1. The molecular formula is C17H24N2O4. The Morgan fingerprint density at radius 2 is 2.04 bits per heavy atom. The van der Waals surface area contributed by atoms with Crippen molar-refractivity contribution in [2.75, 3.05) is 13.1 Å². The highest BCUT2D eigenvalue weighted by Gasteiger charge is 2.34. The average molecular weight is 320 g/mol. The van der Waals surface area contributed by atoms with Gasteiger partial charge >= 0.3 is 5.97 Å². The van der Waals surface area contributed by atoms with Crippen molar-refractivity contribution in [1.82, 2.24) is 5.32 Å². The van der Waals surface area contributed by atoms with E-state index in [4.69, 9.17) is 4.74 Å². The molecule has 0 atom stereocenters. The van der Waals surface area contributed by atoms with Crippen LogP contribution in [0.3, 0.4) is 0 Å². The maximum Gasteiger partial charge on any atom is 0.310 e. The molecule has 0 spiro atoms. The summed E-state index contributed by atoms with van der Waals surface area (Å²) in [5, 5.41) is 14.1. The lowest BCUT2D eigenvalue weighted by molar-refractivity contribution is -0.385. The van der Waals surface area contributed by atoms with Crippen molar-refractivity contribution in [2.24, 2.45) is 5.92 Å². The zero-order valence-corrected chi connectivity index (χ0v) is 13.9. The molecule has 0 radical (unpaired) electrons. The molecule has 0 unspecified atom stereocenters. The fourth-order valence-corrected chi connectivity index (χ4v) is 3.13. The fraction of sp³-hybridized carbons (Fsp3) is 0.588. The molecule has 1 aliphatic heterocycles. The van der Waals surface area contributed by atoms with E-state index in [1.54, 1.807) is 19.1 Å². The minimum absolute atomic E-state index is 0.0668. The molecule has 1 N–H and O–H groups in total. The molecule has 6 heteroatoms. The molecule has 0 aromatic heterocycles. The SMILES string of the molecule is Cc1cc(CC(=O)OC(C)(C)C2CCNCC2)ccc1[N+](=O)[O-]. The average Bonchev–Trinajstić information content (AvgIpc) is 2.47. The van der Waals surface area contributed by atoms with Crippen LogP contribution in [-0.2, 0) is 16.0 Å². The summed E-state index contributed by atoms with van der Waals surface area (Å²) in [5.41, 5.74) is 0.865. The van der Waals surface area contributed by atoms with Gasteiger partial charge in [0.1, 0.15) is 5.60 Å². The maximum atomic E-state index is 12.2. The topological polar surface area (TPSA) is 81.5 Å². The van der Waals surface area contributed by atoms with Gasteiger partial charge in [-0.1, -0.05) is 6.07 Å². The first-order valence-corrected chi connectivity index (χ1v) is 7.96. The standard InChI is InChI=1S/C17H24N2O4/c1-12-10-13(4-5-15(12)19(21)22)11-16(20)23-17(2,3)14-6-8-18-9-7-14/h4-5,10,14,18H,6-9,11H2,1-3H3. The van der Waals surface area contributed by atoms with Gasteiger partial charge in [-0.15, -0.1) is 0 Å². The quantitative estimate of drug-likeness (QED) is 0.512. The van der Waals surface area contributed by atoms with Crippen molar-refractivity contribution in [3.05, 3.63) is 39.4 Å². The summed E-state index contributed by atoms with van der Waals surface area (Å²) in [7, 11) is 0. The summed E-state index contributed by atoms with van der Waals surface area (Å²) < 4.78 is 5.70. The lowest BCUT2D eigenvalue weighted by Gasteiger charge is -2.36. The third kappa shape index (κ3) is 4.51. The fourth-order valence-electron chi connectivity index (χ4n) is 3.13. The van der Waals surface area contributed by atoms with E-state index in [2.05, 4.69) is 5.32 Å². The first kappa shape index (κ1) is 17.4. The highest BCUT2D eigenvalue weighted by molar-refractivity contribution is 5.73. The van der Waals surface area contributed by atoms with Crippen LogP contribution in [0.4, 0.5) is 5.69 Å². The maximum absolute atomic E-state index is 12.2. The van der Waals surface area contributed by atoms with E-state index in [9.17, 15) is 14.9 Å². The third-order valence-electron chi connectivity index (χ3n) is 4.51. The number of benzene rings is 1. The van der Waals surface area contributed by atoms with Crippen molar-refractivity contribution in [1.29, 1.82) is 0 Å². The van der Waals surface area contributed by atoms with E-state index >= 15 is 0 Å². The van der Waals surface area contributed by atoms with Gasteiger partial charge in [0.15, 0.2) is 0 Å². The smallest absolute Gasteiger partial charge is 0.310 e. The number of piperidine rings is 1. The summed E-state index contributed by atoms with van der Waals surface area (Å²) in [6.45, 7) is 7.50. The van der Waals surface area contributed by atoms with Gasteiger partial charge in [-0.25, -0.2) is 0 Å². The van der Waals surface area contributed by atoms with E-state index in [1.165, 1.54) is 6.07 Å². The van der Waals surface area contributed by atoms with Crippen LogP contribution in [0.2, 0.25) is 0 Å². The number of nitrogens with zero attached hydrogens (tertiary/aromatic N) is 1. The van der Waals surface area contributed by atoms with E-state index in [1.807, 2.05) is 13.8 Å². The normalized spacial score (nSPS) is 16.1. The van der Waals surface area contributed by atoms with E-state index in [0.717, 1.165) is 31.5 Å². The van der Waals surface area contributed by atoms with Crippen LogP contribution in [0.5, 0.6) is 0 Å². The molecule has 1 aromatic carbocycles. The number of carbonyl (C=O) groups excluding carboxylic acids is 1. The molecule has 1 fully saturated rings. The van der Waals surface area contributed by atoms with Crippen molar-refractivity contribution >= 4 is 11.7 Å². The summed E-state index contributed by atoms with van der Waals surface area (Å²) in [5.74, 6) is 0.0630. The summed E-state index contributed by atoms with van der Waals surface area (Å²) in [4.78, 5) is 22.6. The second-order valence-corrected chi connectivity index (χ2v) is 6.66. The molecule has 0 aliphatic carbocycles. The largest absolute Gasteiger partial charge is 0.459 e. The molecule has 1 saturated heterocycles. The Balaban J connectivity index is 1.98. The van der Waals surface area contributed by atoms with Gasteiger partial charge in [-0.05, 0) is 58.3 Å². The van der Waals surface area contributed by atoms with Gasteiger partial charge in [-0.3, -0.25) is 14.9 Å². The number of hydrogen-bond acceptors (Lipinski definition) is 5. The molecule has 6 nitrogen and oxygen atoms in total. The van der Waals surface area contributed by atoms with Gasteiger partial charge in [0.25, 0.3) is 5.69 Å². The molecule has 2 rings (SSSR count). The van der Waals surface area contributed by atoms with Gasteiger partial charge in [0.2, 0.25) is 0 Å².